The number of benzene rings is 2. The van der Waals surface area contributed by atoms with Crippen LogP contribution in [0.2, 0.25) is 10.0 Å². The van der Waals surface area contributed by atoms with E-state index in [-0.39, 0.29) is 11.4 Å². The van der Waals surface area contributed by atoms with Crippen molar-refractivity contribution in [2.24, 2.45) is 0 Å². The van der Waals surface area contributed by atoms with Gasteiger partial charge in [0.1, 0.15) is 0 Å². The summed E-state index contributed by atoms with van der Waals surface area (Å²) >= 11 is 12.1. The molecule has 0 atom stereocenters. The van der Waals surface area contributed by atoms with Crippen LogP contribution in [0, 0.1) is 0 Å². The molecule has 0 aliphatic rings. The Labute approximate surface area is 169 Å². The van der Waals surface area contributed by atoms with Crippen molar-refractivity contribution in [1.82, 2.24) is 4.98 Å². The molecule has 0 fully saturated rings. The molecule has 1 aromatic heterocycles. The van der Waals surface area contributed by atoms with E-state index in [0.717, 1.165) is 17.7 Å². The van der Waals surface area contributed by atoms with E-state index in [0.29, 0.717) is 34.1 Å². The number of hydrogen-bond acceptors (Lipinski definition) is 2. The molecule has 0 aliphatic carbocycles. The van der Waals surface area contributed by atoms with Crippen molar-refractivity contribution in [3.05, 3.63) is 69.8 Å². The summed E-state index contributed by atoms with van der Waals surface area (Å²) < 4.78 is 38.9. The van der Waals surface area contributed by atoms with Gasteiger partial charge in [0.25, 0.3) is 0 Å². The Bertz CT molecular complexity index is 1040. The quantitative estimate of drug-likeness (QED) is 0.500. The third-order valence-corrected chi connectivity index (χ3v) is 4.92. The lowest BCUT2D eigenvalue weighted by Crippen LogP contribution is -2.31. The van der Waals surface area contributed by atoms with Crippen molar-refractivity contribution in [1.29, 1.82) is 0 Å². The van der Waals surface area contributed by atoms with E-state index in [1.54, 1.807) is 24.3 Å². The van der Waals surface area contributed by atoms with E-state index in [1.165, 1.54) is 24.1 Å². The minimum atomic E-state index is -4.46. The Balaban J connectivity index is 1.95. The monoisotopic (exact) mass is 426 g/mol. The fraction of sp³-hybridized carbons (Fsp3) is 0.200. The summed E-state index contributed by atoms with van der Waals surface area (Å²) in [5.74, 6) is -0.238. The minimum absolute atomic E-state index is 0.170. The Hall–Kier alpha value is -2.31. The molecule has 28 heavy (non-hydrogen) atoms. The highest BCUT2D eigenvalue weighted by Gasteiger charge is 2.31. The van der Waals surface area contributed by atoms with Crippen LogP contribution in [0.3, 0.4) is 0 Å². The van der Waals surface area contributed by atoms with Crippen LogP contribution in [-0.4, -0.2) is 17.4 Å². The highest BCUT2D eigenvalue weighted by Crippen LogP contribution is 2.33. The van der Waals surface area contributed by atoms with Gasteiger partial charge in [-0.3, -0.25) is 9.78 Å². The molecule has 1 heterocycles. The van der Waals surface area contributed by atoms with Crippen molar-refractivity contribution in [3.8, 4) is 0 Å². The maximum Gasteiger partial charge on any atom is 0.416 e. The van der Waals surface area contributed by atoms with Gasteiger partial charge in [-0.15, -0.1) is 0 Å². The van der Waals surface area contributed by atoms with Gasteiger partial charge < -0.3 is 4.90 Å². The lowest BCUT2D eigenvalue weighted by molar-refractivity contribution is -0.137. The molecule has 146 valence electrons. The first-order valence-electron chi connectivity index (χ1n) is 8.35. The number of halogens is 5. The zero-order chi connectivity index (χ0) is 20.5. The van der Waals surface area contributed by atoms with Gasteiger partial charge in [0, 0.05) is 35.1 Å². The lowest BCUT2D eigenvalue weighted by Gasteiger charge is -2.23. The van der Waals surface area contributed by atoms with Gasteiger partial charge in [-0.1, -0.05) is 35.3 Å². The largest absolute Gasteiger partial charge is 0.416 e. The maximum absolute atomic E-state index is 13.0. The fourth-order valence-electron chi connectivity index (χ4n) is 2.95. The topological polar surface area (TPSA) is 33.2 Å². The average Bonchev–Trinajstić information content (AvgIpc) is 2.62. The molecule has 0 aliphatic heterocycles. The summed E-state index contributed by atoms with van der Waals surface area (Å²) in [5.41, 5.74) is 0.696. The van der Waals surface area contributed by atoms with Gasteiger partial charge in [-0.25, -0.2) is 0 Å². The van der Waals surface area contributed by atoms with Gasteiger partial charge in [0.05, 0.1) is 16.8 Å². The average molecular weight is 427 g/mol. The second-order valence-electron chi connectivity index (χ2n) is 6.22. The molecule has 0 spiro atoms. The number of fused-ring (bicyclic) bond motifs is 1. The Morgan fingerprint density at radius 1 is 1.11 bits per heavy atom. The van der Waals surface area contributed by atoms with Gasteiger partial charge in [0.2, 0.25) is 5.91 Å². The van der Waals surface area contributed by atoms with Crippen LogP contribution < -0.4 is 4.90 Å². The summed E-state index contributed by atoms with van der Waals surface area (Å²) in [6.07, 6.45) is -2.61. The summed E-state index contributed by atoms with van der Waals surface area (Å²) in [4.78, 5) is 17.8. The smallest absolute Gasteiger partial charge is 0.312 e. The van der Waals surface area contributed by atoms with Crippen LogP contribution in [0.4, 0.5) is 18.9 Å². The van der Waals surface area contributed by atoms with E-state index >= 15 is 0 Å². The van der Waals surface area contributed by atoms with E-state index in [4.69, 9.17) is 23.2 Å². The summed E-state index contributed by atoms with van der Waals surface area (Å²) in [5, 5.41) is 1.47. The second-order valence-corrected chi connectivity index (χ2v) is 7.06. The predicted molar refractivity (Wildman–Crippen MR) is 105 cm³/mol. The first kappa shape index (κ1) is 20.4. The number of amides is 1. The molecule has 3 rings (SSSR count). The van der Waals surface area contributed by atoms with Crippen LogP contribution in [0.5, 0.6) is 0 Å². The van der Waals surface area contributed by atoms with E-state index in [9.17, 15) is 18.0 Å². The van der Waals surface area contributed by atoms with Crippen molar-refractivity contribution in [2.45, 2.75) is 19.5 Å². The Morgan fingerprint density at radius 3 is 2.50 bits per heavy atom. The van der Waals surface area contributed by atoms with Crippen LogP contribution >= 0.6 is 23.2 Å². The molecule has 1 amide bonds. The molecule has 0 bridgehead atoms. The molecular weight excluding hydrogens is 412 g/mol. The molecule has 8 heteroatoms. The molecule has 0 N–H and O–H groups in total. The van der Waals surface area contributed by atoms with E-state index in [1.807, 2.05) is 0 Å². The highest BCUT2D eigenvalue weighted by atomic mass is 35.5. The van der Waals surface area contributed by atoms with Crippen LogP contribution in [-0.2, 0) is 17.4 Å². The van der Waals surface area contributed by atoms with Gasteiger partial charge in [-0.2, -0.15) is 13.2 Å². The number of aromatic nitrogens is 1. The molecule has 0 saturated carbocycles. The van der Waals surface area contributed by atoms with Crippen LogP contribution in [0.15, 0.2) is 48.7 Å². The van der Waals surface area contributed by atoms with Crippen molar-refractivity contribution >= 4 is 45.7 Å². The Kier molecular flexibility index (Phi) is 5.82. The van der Waals surface area contributed by atoms with E-state index in [2.05, 4.69) is 4.98 Å². The van der Waals surface area contributed by atoms with Gasteiger partial charge >= 0.3 is 6.18 Å². The van der Waals surface area contributed by atoms with E-state index < -0.39 is 11.7 Å². The number of carbonyl (C=O) groups is 1. The SMILES string of the molecule is CC(=O)N(CCc1ccc(Cl)cc1Cl)c1ccnc2cc(C(F)(F)F)ccc12. The van der Waals surface area contributed by atoms with Crippen LogP contribution in [0.25, 0.3) is 10.9 Å². The number of anilines is 1. The second kappa shape index (κ2) is 7.97. The standard InChI is InChI=1S/C20H15Cl2F3N2O/c1-12(28)27(9-7-13-2-4-15(21)11-17(13)22)19-6-8-26-18-10-14(20(23,24)25)3-5-16(18)19/h2-6,8,10-11H,7,9H2,1H3. The number of pyridine rings is 1. The van der Waals surface area contributed by atoms with Crippen molar-refractivity contribution < 1.29 is 18.0 Å². The lowest BCUT2D eigenvalue weighted by atomic mass is 10.1. The molecule has 0 unspecified atom stereocenters. The maximum atomic E-state index is 13.0. The molecule has 0 radical (unpaired) electrons. The summed E-state index contributed by atoms with van der Waals surface area (Å²) in [6.45, 7) is 1.70. The fourth-order valence-corrected chi connectivity index (χ4v) is 3.45. The predicted octanol–water partition coefficient (Wildman–Crippen LogP) is 6.16. The van der Waals surface area contributed by atoms with Crippen molar-refractivity contribution in [3.63, 3.8) is 0 Å². The first-order chi connectivity index (χ1) is 13.2. The molecular formula is C20H15Cl2F3N2O. The van der Waals surface area contributed by atoms with Crippen LogP contribution in [0.1, 0.15) is 18.1 Å². The first-order valence-corrected chi connectivity index (χ1v) is 9.10. The summed E-state index contributed by atoms with van der Waals surface area (Å²) in [6, 6.07) is 10.0. The molecule has 2 aromatic carbocycles. The number of alkyl halides is 3. The third-order valence-electron chi connectivity index (χ3n) is 4.34. The zero-order valence-electron chi connectivity index (χ0n) is 14.7. The molecule has 3 nitrogen and oxygen atoms in total. The minimum Gasteiger partial charge on any atom is -0.312 e. The van der Waals surface area contributed by atoms with Crippen molar-refractivity contribution in [2.75, 3.05) is 11.4 Å². The van der Waals surface area contributed by atoms with Gasteiger partial charge in [0.15, 0.2) is 0 Å². The number of carbonyl (C=O) groups excluding carboxylic acids is 1. The zero-order valence-corrected chi connectivity index (χ0v) is 16.2. The Morgan fingerprint density at radius 2 is 1.86 bits per heavy atom. The van der Waals surface area contributed by atoms with Gasteiger partial charge in [-0.05, 0) is 42.3 Å². The summed E-state index contributed by atoms with van der Waals surface area (Å²) in [7, 11) is 0. The number of rotatable bonds is 4. The number of hydrogen-bond donors (Lipinski definition) is 0. The number of nitrogens with zero attached hydrogens (tertiary/aromatic N) is 2. The third kappa shape index (κ3) is 4.39. The highest BCUT2D eigenvalue weighted by molar-refractivity contribution is 6.35. The molecule has 3 aromatic rings. The normalized spacial score (nSPS) is 11.6. The molecule has 0 saturated heterocycles.